The largest absolute Gasteiger partial charge is 0.375 e. The molecule has 1 N–H and O–H groups in total. The Kier molecular flexibility index (Phi) is 4.33. The lowest BCUT2D eigenvalue weighted by Crippen LogP contribution is -2.43. The van der Waals surface area contributed by atoms with Gasteiger partial charge in [0.25, 0.3) is 0 Å². The SMILES string of the molecule is CCC1(CC)CC(Nc2nccnc2C#N)CCO1. The number of nitrogens with zero attached hydrogens (tertiary/aromatic N) is 3. The third kappa shape index (κ3) is 3.02. The van der Waals surface area contributed by atoms with Gasteiger partial charge in [-0.05, 0) is 25.7 Å². The molecule has 0 bridgehead atoms. The Morgan fingerprint density at radius 3 is 2.84 bits per heavy atom. The van der Waals surface area contributed by atoms with E-state index in [0.29, 0.717) is 11.5 Å². The molecule has 2 rings (SSSR count). The number of hydrogen-bond acceptors (Lipinski definition) is 5. The van der Waals surface area contributed by atoms with Gasteiger partial charge in [-0.25, -0.2) is 9.97 Å². The molecule has 0 aromatic carbocycles. The molecule has 1 aliphatic heterocycles. The van der Waals surface area contributed by atoms with E-state index in [1.165, 1.54) is 6.20 Å². The lowest BCUT2D eigenvalue weighted by Gasteiger charge is -2.40. The third-order valence-electron chi connectivity index (χ3n) is 3.93. The maximum absolute atomic E-state index is 9.03. The summed E-state index contributed by atoms with van der Waals surface area (Å²) in [7, 11) is 0. The fraction of sp³-hybridized carbons (Fsp3) is 0.643. The molecule has 5 nitrogen and oxygen atoms in total. The van der Waals surface area contributed by atoms with Crippen molar-refractivity contribution in [3.8, 4) is 6.07 Å². The van der Waals surface area contributed by atoms with Crippen LogP contribution in [0.25, 0.3) is 0 Å². The number of rotatable bonds is 4. The zero-order valence-corrected chi connectivity index (χ0v) is 11.5. The average molecular weight is 260 g/mol. The van der Waals surface area contributed by atoms with Crippen LogP contribution in [0.2, 0.25) is 0 Å². The van der Waals surface area contributed by atoms with Gasteiger partial charge in [0.2, 0.25) is 0 Å². The maximum atomic E-state index is 9.03. The van der Waals surface area contributed by atoms with E-state index in [2.05, 4.69) is 35.2 Å². The van der Waals surface area contributed by atoms with Gasteiger partial charge in [-0.15, -0.1) is 0 Å². The van der Waals surface area contributed by atoms with Crippen molar-refractivity contribution >= 4 is 5.82 Å². The summed E-state index contributed by atoms with van der Waals surface area (Å²) in [6.07, 6.45) is 7.04. The predicted molar refractivity (Wildman–Crippen MR) is 72.7 cm³/mol. The second-order valence-corrected chi connectivity index (χ2v) is 4.94. The molecule has 0 spiro atoms. The molecule has 0 amide bonds. The van der Waals surface area contributed by atoms with Gasteiger partial charge in [0.05, 0.1) is 5.60 Å². The minimum Gasteiger partial charge on any atom is -0.375 e. The quantitative estimate of drug-likeness (QED) is 0.900. The number of nitrogens with one attached hydrogen (secondary N) is 1. The molecule has 1 atom stereocenters. The number of ether oxygens (including phenoxy) is 1. The molecule has 1 aliphatic rings. The second kappa shape index (κ2) is 5.98. The van der Waals surface area contributed by atoms with Crippen LogP contribution in [-0.4, -0.2) is 28.2 Å². The van der Waals surface area contributed by atoms with Crippen molar-refractivity contribution in [1.82, 2.24) is 9.97 Å². The highest BCUT2D eigenvalue weighted by Crippen LogP contribution is 2.32. The molecule has 5 heteroatoms. The van der Waals surface area contributed by atoms with Crippen LogP contribution in [0.3, 0.4) is 0 Å². The molecular formula is C14H20N4O. The van der Waals surface area contributed by atoms with Crippen LogP contribution in [0, 0.1) is 11.3 Å². The van der Waals surface area contributed by atoms with Crippen molar-refractivity contribution in [1.29, 1.82) is 5.26 Å². The normalized spacial score (nSPS) is 21.6. The monoisotopic (exact) mass is 260 g/mol. The summed E-state index contributed by atoms with van der Waals surface area (Å²) in [6.45, 7) is 5.07. The van der Waals surface area contributed by atoms with Gasteiger partial charge in [0.15, 0.2) is 11.5 Å². The Balaban J connectivity index is 2.09. The first-order chi connectivity index (χ1) is 9.23. The standard InChI is InChI=1S/C14H20N4O/c1-3-14(4-2)9-11(5-8-19-14)18-13-12(10-15)16-6-7-17-13/h6-7,11H,3-5,8-9H2,1-2H3,(H,17,18). The first-order valence-corrected chi connectivity index (χ1v) is 6.84. The van der Waals surface area contributed by atoms with Crippen LogP contribution in [-0.2, 0) is 4.74 Å². The minimum atomic E-state index is -0.0368. The summed E-state index contributed by atoms with van der Waals surface area (Å²) in [5, 5.41) is 12.4. The Hall–Kier alpha value is -1.67. The molecule has 0 radical (unpaired) electrons. The van der Waals surface area contributed by atoms with Gasteiger partial charge in [0, 0.05) is 25.0 Å². The summed E-state index contributed by atoms with van der Waals surface area (Å²) in [4.78, 5) is 8.23. The molecule has 102 valence electrons. The lowest BCUT2D eigenvalue weighted by molar-refractivity contribution is -0.0864. The van der Waals surface area contributed by atoms with E-state index < -0.39 is 0 Å². The predicted octanol–water partition coefficient (Wildman–Crippen LogP) is 2.50. The van der Waals surface area contributed by atoms with E-state index in [1.807, 2.05) is 0 Å². The maximum Gasteiger partial charge on any atom is 0.182 e. The van der Waals surface area contributed by atoms with Crippen LogP contribution in [0.1, 0.15) is 45.2 Å². The fourth-order valence-electron chi connectivity index (χ4n) is 2.61. The molecule has 2 heterocycles. The molecule has 1 unspecified atom stereocenters. The van der Waals surface area contributed by atoms with Crippen molar-refractivity contribution in [3.05, 3.63) is 18.1 Å². The van der Waals surface area contributed by atoms with Gasteiger partial charge < -0.3 is 10.1 Å². The molecule has 1 fully saturated rings. The molecule has 1 aromatic heterocycles. The van der Waals surface area contributed by atoms with Crippen LogP contribution in [0.4, 0.5) is 5.82 Å². The van der Waals surface area contributed by atoms with Crippen molar-refractivity contribution in [2.75, 3.05) is 11.9 Å². The average Bonchev–Trinajstić information content (AvgIpc) is 2.48. The Labute approximate surface area is 114 Å². The molecule has 0 aliphatic carbocycles. The van der Waals surface area contributed by atoms with Gasteiger partial charge >= 0.3 is 0 Å². The van der Waals surface area contributed by atoms with Gasteiger partial charge in [-0.2, -0.15) is 5.26 Å². The molecule has 1 saturated heterocycles. The van der Waals surface area contributed by atoms with Crippen LogP contribution >= 0.6 is 0 Å². The van der Waals surface area contributed by atoms with Crippen molar-refractivity contribution in [2.45, 2.75) is 51.2 Å². The Bertz CT molecular complexity index is 465. The lowest BCUT2D eigenvalue weighted by atomic mass is 9.86. The highest BCUT2D eigenvalue weighted by molar-refractivity contribution is 5.47. The summed E-state index contributed by atoms with van der Waals surface area (Å²) >= 11 is 0. The molecule has 0 saturated carbocycles. The van der Waals surface area contributed by atoms with E-state index >= 15 is 0 Å². The second-order valence-electron chi connectivity index (χ2n) is 4.94. The van der Waals surface area contributed by atoms with E-state index in [9.17, 15) is 0 Å². The highest BCUT2D eigenvalue weighted by Gasteiger charge is 2.34. The van der Waals surface area contributed by atoms with Crippen molar-refractivity contribution in [3.63, 3.8) is 0 Å². The number of aromatic nitrogens is 2. The molecular weight excluding hydrogens is 240 g/mol. The summed E-state index contributed by atoms with van der Waals surface area (Å²) in [5.41, 5.74) is 0.317. The van der Waals surface area contributed by atoms with Crippen LogP contribution < -0.4 is 5.32 Å². The van der Waals surface area contributed by atoms with Gasteiger partial charge in [-0.1, -0.05) is 13.8 Å². The van der Waals surface area contributed by atoms with E-state index in [1.54, 1.807) is 6.20 Å². The zero-order chi connectivity index (χ0) is 13.7. The Morgan fingerprint density at radius 1 is 1.42 bits per heavy atom. The highest BCUT2D eigenvalue weighted by atomic mass is 16.5. The number of anilines is 1. The molecule has 1 aromatic rings. The minimum absolute atomic E-state index is 0.0368. The van der Waals surface area contributed by atoms with Crippen molar-refractivity contribution in [2.24, 2.45) is 0 Å². The van der Waals surface area contributed by atoms with Gasteiger partial charge in [-0.3, -0.25) is 0 Å². The smallest absolute Gasteiger partial charge is 0.182 e. The zero-order valence-electron chi connectivity index (χ0n) is 11.5. The van der Waals surface area contributed by atoms with E-state index in [4.69, 9.17) is 10.00 Å². The summed E-state index contributed by atoms with van der Waals surface area (Å²) in [6, 6.07) is 2.36. The van der Waals surface area contributed by atoms with Crippen molar-refractivity contribution < 1.29 is 4.74 Å². The first kappa shape index (κ1) is 13.8. The number of hydrogen-bond donors (Lipinski definition) is 1. The fourth-order valence-corrected chi connectivity index (χ4v) is 2.61. The molecule has 19 heavy (non-hydrogen) atoms. The van der Waals surface area contributed by atoms with E-state index in [0.717, 1.165) is 32.3 Å². The van der Waals surface area contributed by atoms with E-state index in [-0.39, 0.29) is 11.6 Å². The summed E-state index contributed by atoms with van der Waals surface area (Å²) in [5.74, 6) is 0.581. The Morgan fingerprint density at radius 2 is 2.16 bits per heavy atom. The van der Waals surface area contributed by atoms with Gasteiger partial charge in [0.1, 0.15) is 6.07 Å². The first-order valence-electron chi connectivity index (χ1n) is 6.84. The summed E-state index contributed by atoms with van der Waals surface area (Å²) < 4.78 is 5.95. The topological polar surface area (TPSA) is 70.8 Å². The van der Waals surface area contributed by atoms with Crippen LogP contribution in [0.15, 0.2) is 12.4 Å². The van der Waals surface area contributed by atoms with Crippen LogP contribution in [0.5, 0.6) is 0 Å². The third-order valence-corrected chi connectivity index (χ3v) is 3.93. The number of nitriles is 1.